The smallest absolute Gasteiger partial charge is 0.129 e. The van der Waals surface area contributed by atoms with Crippen molar-refractivity contribution in [2.75, 3.05) is 0 Å². The molecule has 15 heavy (non-hydrogen) atoms. The average Bonchev–Trinajstić information content (AvgIpc) is 2.59. The van der Waals surface area contributed by atoms with Crippen LogP contribution < -0.4 is 4.74 Å². The van der Waals surface area contributed by atoms with Gasteiger partial charge in [0.15, 0.2) is 0 Å². The number of benzene rings is 1. The van der Waals surface area contributed by atoms with Gasteiger partial charge in [0.05, 0.1) is 6.10 Å². The molecule has 82 valence electrons. The van der Waals surface area contributed by atoms with Crippen molar-refractivity contribution in [3.63, 3.8) is 0 Å². The van der Waals surface area contributed by atoms with Gasteiger partial charge in [-0.15, -0.1) is 0 Å². The van der Waals surface area contributed by atoms with E-state index < -0.39 is 6.10 Å². The molecule has 0 amide bonds. The van der Waals surface area contributed by atoms with Gasteiger partial charge >= 0.3 is 0 Å². The highest BCUT2D eigenvalue weighted by atomic mass is 19.1. The summed E-state index contributed by atoms with van der Waals surface area (Å²) in [7, 11) is 0. The van der Waals surface area contributed by atoms with Gasteiger partial charge in [0.1, 0.15) is 17.7 Å². The predicted molar refractivity (Wildman–Crippen MR) is 55.4 cm³/mol. The molecular formula is C12H15FO2. The number of aliphatic hydroxyl groups is 1. The normalized spacial score (nSPS) is 25.5. The fourth-order valence-electron chi connectivity index (χ4n) is 1.87. The molecule has 0 saturated heterocycles. The first kappa shape index (κ1) is 10.4. The highest BCUT2D eigenvalue weighted by molar-refractivity contribution is 5.28. The van der Waals surface area contributed by atoms with E-state index in [1.807, 2.05) is 0 Å². The molecule has 1 aliphatic rings. The number of halogens is 1. The zero-order valence-corrected chi connectivity index (χ0v) is 8.74. The first-order valence-corrected chi connectivity index (χ1v) is 5.27. The van der Waals surface area contributed by atoms with Crippen LogP contribution in [0.4, 0.5) is 4.39 Å². The molecule has 0 spiro atoms. The summed E-state index contributed by atoms with van der Waals surface area (Å²) in [5.74, 6) is 0.240. The van der Waals surface area contributed by atoms with E-state index in [0.29, 0.717) is 11.3 Å². The summed E-state index contributed by atoms with van der Waals surface area (Å²) in [5.41, 5.74) is 0.606. The zero-order chi connectivity index (χ0) is 10.8. The van der Waals surface area contributed by atoms with Crippen molar-refractivity contribution >= 4 is 0 Å². The van der Waals surface area contributed by atoms with Crippen LogP contribution in [0, 0.1) is 12.7 Å². The third kappa shape index (κ3) is 2.29. The molecule has 1 aliphatic carbocycles. The number of hydrogen-bond donors (Lipinski definition) is 1. The molecule has 2 atom stereocenters. The Hall–Kier alpha value is -1.09. The molecular weight excluding hydrogens is 195 g/mol. The molecule has 0 bridgehead atoms. The number of hydrogen-bond acceptors (Lipinski definition) is 2. The highest BCUT2D eigenvalue weighted by Crippen LogP contribution is 2.25. The topological polar surface area (TPSA) is 29.5 Å². The Labute approximate surface area is 88.7 Å². The largest absolute Gasteiger partial charge is 0.488 e. The molecule has 1 N–H and O–H groups in total. The summed E-state index contributed by atoms with van der Waals surface area (Å²) < 4.78 is 18.7. The van der Waals surface area contributed by atoms with Crippen molar-refractivity contribution in [1.29, 1.82) is 0 Å². The molecule has 2 nitrogen and oxygen atoms in total. The summed E-state index contributed by atoms with van der Waals surface area (Å²) in [5, 5.41) is 9.56. The van der Waals surface area contributed by atoms with E-state index in [-0.39, 0.29) is 11.9 Å². The van der Waals surface area contributed by atoms with Crippen LogP contribution in [0.15, 0.2) is 18.2 Å². The van der Waals surface area contributed by atoms with E-state index in [9.17, 15) is 9.50 Å². The minimum atomic E-state index is -0.408. The monoisotopic (exact) mass is 210 g/mol. The second-order valence-corrected chi connectivity index (χ2v) is 4.07. The molecule has 1 fully saturated rings. The maximum absolute atomic E-state index is 13.2. The summed E-state index contributed by atoms with van der Waals surface area (Å²) >= 11 is 0. The van der Waals surface area contributed by atoms with Crippen LogP contribution in [0.25, 0.3) is 0 Å². The fourth-order valence-corrected chi connectivity index (χ4v) is 1.87. The zero-order valence-electron chi connectivity index (χ0n) is 8.74. The summed E-state index contributed by atoms with van der Waals surface area (Å²) in [6.07, 6.45) is 2.01. The third-order valence-electron chi connectivity index (χ3n) is 2.85. The van der Waals surface area contributed by atoms with Crippen LogP contribution in [0.2, 0.25) is 0 Å². The molecule has 3 heteroatoms. The molecule has 0 aromatic heterocycles. The van der Waals surface area contributed by atoms with Crippen molar-refractivity contribution in [3.8, 4) is 5.75 Å². The lowest BCUT2D eigenvalue weighted by Crippen LogP contribution is -2.25. The number of ether oxygens (including phenoxy) is 1. The second-order valence-electron chi connectivity index (χ2n) is 4.07. The molecule has 2 rings (SSSR count). The quantitative estimate of drug-likeness (QED) is 0.812. The van der Waals surface area contributed by atoms with Gasteiger partial charge in [-0.05, 0) is 37.8 Å². The minimum Gasteiger partial charge on any atom is -0.488 e. The van der Waals surface area contributed by atoms with Crippen LogP contribution >= 0.6 is 0 Å². The van der Waals surface area contributed by atoms with Crippen LogP contribution in [0.5, 0.6) is 5.75 Å². The van der Waals surface area contributed by atoms with Gasteiger partial charge in [-0.25, -0.2) is 4.39 Å². The Kier molecular flexibility index (Phi) is 2.91. The van der Waals surface area contributed by atoms with Crippen molar-refractivity contribution in [3.05, 3.63) is 29.6 Å². The Bertz CT molecular complexity index is 351. The first-order valence-electron chi connectivity index (χ1n) is 5.27. The first-order chi connectivity index (χ1) is 7.16. The van der Waals surface area contributed by atoms with Crippen molar-refractivity contribution < 1.29 is 14.2 Å². The molecule has 0 unspecified atom stereocenters. The van der Waals surface area contributed by atoms with Gasteiger partial charge in [-0.2, -0.15) is 0 Å². The SMILES string of the molecule is Cc1ccc(O[C@H]2CCC[C@@H]2O)cc1F. The number of aryl methyl sites for hydroxylation is 1. The van der Waals surface area contributed by atoms with Crippen molar-refractivity contribution in [2.45, 2.75) is 38.4 Å². The van der Waals surface area contributed by atoms with Gasteiger partial charge in [-0.3, -0.25) is 0 Å². The Morgan fingerprint density at radius 2 is 2.20 bits per heavy atom. The van der Waals surface area contributed by atoms with Crippen LogP contribution in [-0.2, 0) is 0 Å². The highest BCUT2D eigenvalue weighted by Gasteiger charge is 2.26. The lowest BCUT2D eigenvalue weighted by Gasteiger charge is -2.17. The number of aliphatic hydroxyl groups excluding tert-OH is 1. The number of rotatable bonds is 2. The fraction of sp³-hybridized carbons (Fsp3) is 0.500. The standard InChI is InChI=1S/C12H15FO2/c1-8-5-6-9(7-10(8)13)15-12-4-2-3-11(12)14/h5-7,11-12,14H,2-4H2,1H3/t11-,12-/m0/s1. The maximum Gasteiger partial charge on any atom is 0.129 e. The average molecular weight is 210 g/mol. The molecule has 1 saturated carbocycles. The third-order valence-corrected chi connectivity index (χ3v) is 2.85. The molecule has 1 aromatic rings. The summed E-state index contributed by atoms with van der Waals surface area (Å²) in [6, 6.07) is 4.80. The van der Waals surface area contributed by atoms with Crippen LogP contribution in [0.1, 0.15) is 24.8 Å². The van der Waals surface area contributed by atoms with E-state index in [4.69, 9.17) is 4.74 Å². The van der Waals surface area contributed by atoms with E-state index in [1.54, 1.807) is 19.1 Å². The lowest BCUT2D eigenvalue weighted by molar-refractivity contribution is 0.0602. The lowest BCUT2D eigenvalue weighted by atomic mass is 10.2. The van der Waals surface area contributed by atoms with E-state index in [1.165, 1.54) is 6.07 Å². The molecule has 0 radical (unpaired) electrons. The predicted octanol–water partition coefficient (Wildman–Crippen LogP) is 2.43. The molecule has 0 aliphatic heterocycles. The second kappa shape index (κ2) is 4.19. The van der Waals surface area contributed by atoms with E-state index >= 15 is 0 Å². The van der Waals surface area contributed by atoms with Gasteiger partial charge in [0.25, 0.3) is 0 Å². The summed E-state index contributed by atoms with van der Waals surface area (Å²) in [6.45, 7) is 1.71. The molecule has 0 heterocycles. The minimum absolute atomic E-state index is 0.174. The Morgan fingerprint density at radius 3 is 2.80 bits per heavy atom. The van der Waals surface area contributed by atoms with Gasteiger partial charge in [0, 0.05) is 6.07 Å². The van der Waals surface area contributed by atoms with Crippen molar-refractivity contribution in [2.24, 2.45) is 0 Å². The van der Waals surface area contributed by atoms with Crippen molar-refractivity contribution in [1.82, 2.24) is 0 Å². The maximum atomic E-state index is 13.2. The van der Waals surface area contributed by atoms with Gasteiger partial charge in [0.2, 0.25) is 0 Å². The van der Waals surface area contributed by atoms with Gasteiger partial charge < -0.3 is 9.84 Å². The van der Waals surface area contributed by atoms with E-state index in [0.717, 1.165) is 19.3 Å². The van der Waals surface area contributed by atoms with E-state index in [2.05, 4.69) is 0 Å². The van der Waals surface area contributed by atoms with Crippen LogP contribution in [0.3, 0.4) is 0 Å². The Morgan fingerprint density at radius 1 is 1.40 bits per heavy atom. The molecule has 1 aromatic carbocycles. The Balaban J connectivity index is 2.07. The van der Waals surface area contributed by atoms with Gasteiger partial charge in [-0.1, -0.05) is 6.07 Å². The summed E-state index contributed by atoms with van der Waals surface area (Å²) in [4.78, 5) is 0. The van der Waals surface area contributed by atoms with Crippen LogP contribution in [-0.4, -0.2) is 17.3 Å².